The fourth-order valence-corrected chi connectivity index (χ4v) is 5.46. The molecule has 3 aromatic carbocycles. The number of piperidine rings is 1. The fraction of sp³-hybridized carbons (Fsp3) is 0.323. The van der Waals surface area contributed by atoms with E-state index in [9.17, 15) is 4.79 Å². The first-order chi connectivity index (χ1) is 19.0. The van der Waals surface area contributed by atoms with Gasteiger partial charge in [0.1, 0.15) is 6.10 Å². The van der Waals surface area contributed by atoms with Gasteiger partial charge in [-0.25, -0.2) is 9.97 Å². The fourth-order valence-electron chi connectivity index (χ4n) is 5.27. The van der Waals surface area contributed by atoms with Gasteiger partial charge in [0.25, 0.3) is 11.8 Å². The van der Waals surface area contributed by atoms with Crippen molar-refractivity contribution in [2.24, 2.45) is 0 Å². The van der Waals surface area contributed by atoms with Crippen molar-refractivity contribution in [3.63, 3.8) is 0 Å². The molecule has 8 heteroatoms. The first kappa shape index (κ1) is 25.6. The lowest BCUT2D eigenvalue weighted by Crippen LogP contribution is -2.36. The molecule has 3 heterocycles. The smallest absolute Gasteiger partial charge is 0.258 e. The first-order valence-corrected chi connectivity index (χ1v) is 14.0. The molecule has 2 aliphatic heterocycles. The molecule has 7 nitrogen and oxygen atoms in total. The molecule has 4 aromatic rings. The highest BCUT2D eigenvalue weighted by molar-refractivity contribution is 6.30. The van der Waals surface area contributed by atoms with Crippen LogP contribution in [0.5, 0.6) is 5.88 Å². The van der Waals surface area contributed by atoms with Crippen molar-refractivity contribution in [1.29, 1.82) is 0 Å². The molecule has 1 aromatic heterocycles. The van der Waals surface area contributed by atoms with E-state index in [1.165, 1.54) is 0 Å². The van der Waals surface area contributed by atoms with Crippen LogP contribution in [0.3, 0.4) is 0 Å². The molecule has 1 amide bonds. The van der Waals surface area contributed by atoms with Gasteiger partial charge in [-0.1, -0.05) is 35.9 Å². The van der Waals surface area contributed by atoms with E-state index in [2.05, 4.69) is 22.2 Å². The Balaban J connectivity index is 1.22. The molecule has 2 fully saturated rings. The highest BCUT2D eigenvalue weighted by atomic mass is 35.5. The standard InChI is InChI=1S/C31H32ClN5O2/c1-36-17-13-26(14-18-36)39-31-29(37-15-2-3-16-37)34-28-20-25(11-12-27(28)35-31)33-30(38)22-9-7-21(8-10-22)23-5-4-6-24(32)19-23/h4-12,19-20,26H,2-3,13-18H2,1H3,(H,33,38). The monoisotopic (exact) mass is 541 g/mol. The van der Waals surface area contributed by atoms with Crippen molar-refractivity contribution >= 4 is 40.0 Å². The molecule has 1 N–H and O–H groups in total. The van der Waals surface area contributed by atoms with Gasteiger partial charge in [-0.3, -0.25) is 4.79 Å². The third-order valence-corrected chi connectivity index (χ3v) is 7.76. The van der Waals surface area contributed by atoms with Gasteiger partial charge in [0.2, 0.25) is 0 Å². The molecule has 0 aliphatic carbocycles. The SMILES string of the molecule is CN1CCC(Oc2nc3ccc(NC(=O)c4ccc(-c5cccc(Cl)c5)cc4)cc3nc2N2CCCC2)CC1. The topological polar surface area (TPSA) is 70.6 Å². The van der Waals surface area contributed by atoms with Gasteiger partial charge in [-0.2, -0.15) is 0 Å². The molecule has 6 rings (SSSR count). The number of anilines is 2. The van der Waals surface area contributed by atoms with E-state index in [1.54, 1.807) is 0 Å². The number of aromatic nitrogens is 2. The van der Waals surface area contributed by atoms with Crippen LogP contribution in [0.15, 0.2) is 66.7 Å². The lowest BCUT2D eigenvalue weighted by molar-refractivity contribution is 0.102. The maximum absolute atomic E-state index is 13.0. The van der Waals surface area contributed by atoms with Crippen LogP contribution in [0.25, 0.3) is 22.2 Å². The Morgan fingerprint density at radius 1 is 0.897 bits per heavy atom. The number of nitrogens with one attached hydrogen (secondary N) is 1. The van der Waals surface area contributed by atoms with Crippen LogP contribution < -0.4 is 15.0 Å². The van der Waals surface area contributed by atoms with E-state index >= 15 is 0 Å². The van der Waals surface area contributed by atoms with E-state index in [-0.39, 0.29) is 12.0 Å². The maximum Gasteiger partial charge on any atom is 0.258 e. The number of halogens is 1. The third-order valence-electron chi connectivity index (χ3n) is 7.53. The Bertz CT molecular complexity index is 1480. The molecule has 39 heavy (non-hydrogen) atoms. The summed E-state index contributed by atoms with van der Waals surface area (Å²) in [6.45, 7) is 3.95. The summed E-state index contributed by atoms with van der Waals surface area (Å²) in [5, 5.41) is 3.70. The van der Waals surface area contributed by atoms with E-state index in [0.717, 1.165) is 79.8 Å². The summed E-state index contributed by atoms with van der Waals surface area (Å²) >= 11 is 6.13. The second-order valence-electron chi connectivity index (χ2n) is 10.4. The lowest BCUT2D eigenvalue weighted by atomic mass is 10.0. The summed E-state index contributed by atoms with van der Waals surface area (Å²) in [6, 6.07) is 20.8. The molecule has 2 saturated heterocycles. The first-order valence-electron chi connectivity index (χ1n) is 13.6. The predicted molar refractivity (Wildman–Crippen MR) is 157 cm³/mol. The lowest BCUT2D eigenvalue weighted by Gasteiger charge is -2.30. The summed E-state index contributed by atoms with van der Waals surface area (Å²) in [6.07, 6.45) is 4.40. The van der Waals surface area contributed by atoms with Crippen LogP contribution in [-0.2, 0) is 0 Å². The number of likely N-dealkylation sites (tertiary alicyclic amines) is 1. The molecule has 0 bridgehead atoms. The molecule has 0 unspecified atom stereocenters. The minimum absolute atomic E-state index is 0.151. The van der Waals surface area contributed by atoms with Crippen molar-refractivity contribution < 1.29 is 9.53 Å². The van der Waals surface area contributed by atoms with Gasteiger partial charge in [0, 0.05) is 42.5 Å². The predicted octanol–water partition coefficient (Wildman–Crippen LogP) is 6.28. The Kier molecular flexibility index (Phi) is 7.35. The van der Waals surface area contributed by atoms with Gasteiger partial charge in [0.05, 0.1) is 11.0 Å². The Labute approximate surface area is 233 Å². The highest BCUT2D eigenvalue weighted by Crippen LogP contribution is 2.32. The van der Waals surface area contributed by atoms with Crippen molar-refractivity contribution in [2.45, 2.75) is 31.8 Å². The quantitative estimate of drug-likeness (QED) is 0.310. The molecule has 2 aliphatic rings. The van der Waals surface area contributed by atoms with Crippen molar-refractivity contribution in [3.05, 3.63) is 77.3 Å². The number of amides is 1. The molecule has 0 radical (unpaired) electrons. The number of carbonyl (C=O) groups is 1. The molecule has 0 atom stereocenters. The molecular formula is C31H32ClN5O2. The van der Waals surface area contributed by atoms with Crippen LogP contribution in [0.2, 0.25) is 5.02 Å². The highest BCUT2D eigenvalue weighted by Gasteiger charge is 2.25. The average molecular weight is 542 g/mol. The summed E-state index contributed by atoms with van der Waals surface area (Å²) in [5.41, 5.74) is 4.76. The van der Waals surface area contributed by atoms with E-state index in [4.69, 9.17) is 26.3 Å². The number of hydrogen-bond donors (Lipinski definition) is 1. The van der Waals surface area contributed by atoms with Crippen LogP contribution >= 0.6 is 11.6 Å². The van der Waals surface area contributed by atoms with Crippen LogP contribution in [0.4, 0.5) is 11.5 Å². The Hall–Kier alpha value is -3.68. The minimum atomic E-state index is -0.179. The third kappa shape index (κ3) is 5.84. The summed E-state index contributed by atoms with van der Waals surface area (Å²) in [7, 11) is 2.15. The number of carbonyl (C=O) groups excluding carboxylic acids is 1. The molecule has 0 saturated carbocycles. The zero-order valence-corrected chi connectivity index (χ0v) is 22.8. The summed E-state index contributed by atoms with van der Waals surface area (Å²) in [5.74, 6) is 1.25. The van der Waals surface area contributed by atoms with Crippen molar-refractivity contribution in [3.8, 4) is 17.0 Å². The van der Waals surface area contributed by atoms with E-state index in [0.29, 0.717) is 22.2 Å². The van der Waals surface area contributed by atoms with Gasteiger partial charge >= 0.3 is 0 Å². The summed E-state index contributed by atoms with van der Waals surface area (Å²) in [4.78, 5) is 27.5. The zero-order chi connectivity index (χ0) is 26.8. The second kappa shape index (κ2) is 11.2. The Morgan fingerprint density at radius 2 is 1.67 bits per heavy atom. The number of ether oxygens (including phenoxy) is 1. The van der Waals surface area contributed by atoms with Crippen LogP contribution in [-0.4, -0.2) is 60.1 Å². The zero-order valence-electron chi connectivity index (χ0n) is 22.1. The molecule has 200 valence electrons. The number of benzene rings is 3. The van der Waals surface area contributed by atoms with Crippen LogP contribution in [0.1, 0.15) is 36.0 Å². The average Bonchev–Trinajstić information content (AvgIpc) is 3.49. The Morgan fingerprint density at radius 3 is 2.41 bits per heavy atom. The van der Waals surface area contributed by atoms with Gasteiger partial charge < -0.3 is 19.9 Å². The maximum atomic E-state index is 13.0. The van der Waals surface area contributed by atoms with Gasteiger partial charge in [0.15, 0.2) is 5.82 Å². The number of rotatable bonds is 6. The van der Waals surface area contributed by atoms with Crippen LogP contribution in [0, 0.1) is 0 Å². The van der Waals surface area contributed by atoms with Gasteiger partial charge in [-0.15, -0.1) is 0 Å². The number of hydrogen-bond acceptors (Lipinski definition) is 6. The largest absolute Gasteiger partial charge is 0.472 e. The number of nitrogens with zero attached hydrogens (tertiary/aromatic N) is 4. The van der Waals surface area contributed by atoms with Crippen molar-refractivity contribution in [2.75, 3.05) is 43.4 Å². The summed E-state index contributed by atoms with van der Waals surface area (Å²) < 4.78 is 6.44. The minimum Gasteiger partial charge on any atom is -0.472 e. The molecular weight excluding hydrogens is 510 g/mol. The number of fused-ring (bicyclic) bond motifs is 1. The second-order valence-corrected chi connectivity index (χ2v) is 10.8. The van der Waals surface area contributed by atoms with E-state index < -0.39 is 0 Å². The van der Waals surface area contributed by atoms with Gasteiger partial charge in [-0.05, 0) is 86.3 Å². The molecule has 0 spiro atoms. The van der Waals surface area contributed by atoms with E-state index in [1.807, 2.05) is 66.7 Å². The van der Waals surface area contributed by atoms with Crippen molar-refractivity contribution in [1.82, 2.24) is 14.9 Å². The normalized spacial score (nSPS) is 16.5.